The van der Waals surface area contributed by atoms with Crippen LogP contribution in [0.3, 0.4) is 0 Å². The largest absolute Gasteiger partial charge is 0.310 e. The van der Waals surface area contributed by atoms with Crippen LogP contribution in [-0.4, -0.2) is 0 Å². The van der Waals surface area contributed by atoms with Crippen molar-refractivity contribution in [3.63, 3.8) is 0 Å². The number of hydrogen-bond donors (Lipinski definition) is 0. The van der Waals surface area contributed by atoms with Crippen LogP contribution < -0.4 is 9.80 Å². The summed E-state index contributed by atoms with van der Waals surface area (Å²) < 4.78 is 0. The maximum atomic E-state index is 2.47. The summed E-state index contributed by atoms with van der Waals surface area (Å²) in [5.74, 6) is 0. The highest BCUT2D eigenvalue weighted by Crippen LogP contribution is 2.53. The summed E-state index contributed by atoms with van der Waals surface area (Å²) in [6.07, 6.45) is 0. The predicted octanol–water partition coefficient (Wildman–Crippen LogP) is 23.5. The van der Waals surface area contributed by atoms with Gasteiger partial charge in [-0.2, -0.15) is 0 Å². The van der Waals surface area contributed by atoms with Gasteiger partial charge in [0.15, 0.2) is 0 Å². The maximum Gasteiger partial charge on any atom is 0.0468 e. The normalized spacial score (nSPS) is 11.8. The van der Waals surface area contributed by atoms with Crippen LogP contribution in [0.1, 0.15) is 0 Å². The summed E-state index contributed by atoms with van der Waals surface area (Å²) in [4.78, 5) is 4.81. The lowest BCUT2D eigenvalue weighted by Gasteiger charge is -2.27. The monoisotopic (exact) mass is 1060 g/mol. The Kier molecular flexibility index (Phi) is 11.0. The van der Waals surface area contributed by atoms with Crippen LogP contribution in [0, 0.1) is 0 Å². The average Bonchev–Trinajstić information content (AvgIpc) is 0.843. The van der Waals surface area contributed by atoms with Crippen molar-refractivity contribution in [2.24, 2.45) is 0 Å². The lowest BCUT2D eigenvalue weighted by Crippen LogP contribution is -2.09. The van der Waals surface area contributed by atoms with Gasteiger partial charge in [-0.3, -0.25) is 0 Å². The molecule has 2 heteroatoms. The molecule has 0 spiro atoms. The van der Waals surface area contributed by atoms with E-state index < -0.39 is 0 Å². The van der Waals surface area contributed by atoms with Crippen molar-refractivity contribution in [1.82, 2.24) is 0 Å². The SMILES string of the molecule is c1ccc(N(c2ccc3ccccc3c2)c2ccc3c(ccc4c(-c5cc6ccccc6c6ccccc56)c5c(ccc6cc(N(c7ccccc7)c7ccc8ccccc8c7)ccc65)c(-c5cc6ccccc6c6ccccc56)c43)c2)cc1. The summed E-state index contributed by atoms with van der Waals surface area (Å²) in [5.41, 5.74) is 11.5. The van der Waals surface area contributed by atoms with Crippen LogP contribution in [0.25, 0.3) is 130 Å². The zero-order valence-electron chi connectivity index (χ0n) is 45.9. The van der Waals surface area contributed by atoms with Crippen molar-refractivity contribution >= 4 is 142 Å². The summed E-state index contributed by atoms with van der Waals surface area (Å²) >= 11 is 0. The first kappa shape index (κ1) is 47.7. The highest BCUT2D eigenvalue weighted by Gasteiger charge is 2.26. The predicted molar refractivity (Wildman–Crippen MR) is 362 cm³/mol. The van der Waals surface area contributed by atoms with E-state index in [1.54, 1.807) is 0 Å². The van der Waals surface area contributed by atoms with E-state index in [2.05, 4.69) is 325 Å². The maximum absolute atomic E-state index is 2.47. The van der Waals surface area contributed by atoms with Gasteiger partial charge in [0.05, 0.1) is 0 Å². The van der Waals surface area contributed by atoms with Crippen molar-refractivity contribution in [1.29, 1.82) is 0 Å². The molecular formula is C82H52N2. The summed E-state index contributed by atoms with van der Waals surface area (Å²) in [6.45, 7) is 0. The molecule has 2 nitrogen and oxygen atoms in total. The third kappa shape index (κ3) is 7.65. The first-order valence-electron chi connectivity index (χ1n) is 29.1. The van der Waals surface area contributed by atoms with Gasteiger partial charge in [0, 0.05) is 34.1 Å². The minimum Gasteiger partial charge on any atom is -0.310 e. The number of anilines is 6. The number of hydrogen-bond acceptors (Lipinski definition) is 2. The van der Waals surface area contributed by atoms with Crippen LogP contribution in [0.2, 0.25) is 0 Å². The van der Waals surface area contributed by atoms with Gasteiger partial charge in [-0.05, 0) is 215 Å². The fourth-order valence-electron chi connectivity index (χ4n) is 13.9. The Morgan fingerprint density at radius 3 is 0.857 bits per heavy atom. The van der Waals surface area contributed by atoms with E-state index in [-0.39, 0.29) is 0 Å². The summed E-state index contributed by atoms with van der Waals surface area (Å²) in [6, 6.07) is 117. The number of fused-ring (bicyclic) bond motifs is 14. The Bertz CT molecular complexity index is 5170. The molecule has 0 heterocycles. The summed E-state index contributed by atoms with van der Waals surface area (Å²) in [5, 5.41) is 24.4. The van der Waals surface area contributed by atoms with Gasteiger partial charge < -0.3 is 9.80 Å². The highest BCUT2D eigenvalue weighted by molar-refractivity contribution is 6.36. The molecule has 0 fully saturated rings. The van der Waals surface area contributed by atoms with Gasteiger partial charge in [-0.1, -0.05) is 231 Å². The van der Waals surface area contributed by atoms with Gasteiger partial charge in [-0.15, -0.1) is 0 Å². The van der Waals surface area contributed by atoms with E-state index in [1.165, 1.54) is 130 Å². The second-order valence-electron chi connectivity index (χ2n) is 22.3. The lowest BCUT2D eigenvalue weighted by atomic mass is 9.79. The molecule has 0 amide bonds. The smallest absolute Gasteiger partial charge is 0.0468 e. The van der Waals surface area contributed by atoms with E-state index in [9.17, 15) is 0 Å². The van der Waals surface area contributed by atoms with E-state index in [4.69, 9.17) is 0 Å². The molecule has 17 aromatic carbocycles. The van der Waals surface area contributed by atoms with E-state index in [0.29, 0.717) is 0 Å². The van der Waals surface area contributed by atoms with Crippen molar-refractivity contribution in [3.8, 4) is 22.3 Å². The number of benzene rings is 17. The molecule has 0 aliphatic carbocycles. The quantitative estimate of drug-likeness (QED) is 0.111. The van der Waals surface area contributed by atoms with Crippen molar-refractivity contribution in [3.05, 3.63) is 315 Å². The fraction of sp³-hybridized carbons (Fsp3) is 0. The van der Waals surface area contributed by atoms with Gasteiger partial charge in [0.2, 0.25) is 0 Å². The zero-order valence-corrected chi connectivity index (χ0v) is 45.9. The molecule has 0 bridgehead atoms. The second-order valence-corrected chi connectivity index (χ2v) is 22.3. The van der Waals surface area contributed by atoms with Gasteiger partial charge >= 0.3 is 0 Å². The molecule has 390 valence electrons. The van der Waals surface area contributed by atoms with Crippen molar-refractivity contribution in [2.45, 2.75) is 0 Å². The van der Waals surface area contributed by atoms with Crippen LogP contribution in [0.15, 0.2) is 315 Å². The Morgan fingerprint density at radius 1 is 0.155 bits per heavy atom. The molecule has 17 rings (SSSR count). The topological polar surface area (TPSA) is 6.48 Å². The standard InChI is InChI=1S/C82H52N2/c1-3-25-61(26-4-1)83(63-39-35-53-19-7-9-21-55(53)47-63)65-41-45-69-59(49-65)37-43-75-79(69)81(77-51-57-23-11-13-29-67(57)71-31-15-17-33-73(71)77)76-44-38-60-50-66(84(62-27-5-2-6-28-62)64-40-36-54-20-8-10-22-56(54)48-64)42-46-70(60)80(76)82(75)78-52-58-24-12-14-30-68(58)72-32-16-18-34-74(72)78/h1-52H. The lowest BCUT2D eigenvalue weighted by molar-refractivity contribution is 1.29. The molecule has 0 atom stereocenters. The van der Waals surface area contributed by atoms with Gasteiger partial charge in [0.1, 0.15) is 0 Å². The van der Waals surface area contributed by atoms with Crippen LogP contribution in [0.4, 0.5) is 34.1 Å². The van der Waals surface area contributed by atoms with Crippen molar-refractivity contribution in [2.75, 3.05) is 9.80 Å². The second kappa shape index (κ2) is 19.3. The minimum atomic E-state index is 1.10. The van der Waals surface area contributed by atoms with Crippen LogP contribution in [0.5, 0.6) is 0 Å². The fourth-order valence-corrected chi connectivity index (χ4v) is 13.9. The summed E-state index contributed by atoms with van der Waals surface area (Å²) in [7, 11) is 0. The number of nitrogens with zero attached hydrogens (tertiary/aromatic N) is 2. The molecule has 17 aromatic rings. The first-order valence-corrected chi connectivity index (χ1v) is 29.1. The van der Waals surface area contributed by atoms with Gasteiger partial charge in [0.25, 0.3) is 0 Å². The third-order valence-electron chi connectivity index (χ3n) is 17.6. The first-order chi connectivity index (χ1) is 41.7. The molecule has 0 aromatic heterocycles. The third-order valence-corrected chi connectivity index (χ3v) is 17.6. The number of rotatable bonds is 8. The molecule has 0 N–H and O–H groups in total. The Morgan fingerprint density at radius 2 is 0.440 bits per heavy atom. The molecule has 0 aliphatic rings. The van der Waals surface area contributed by atoms with E-state index >= 15 is 0 Å². The van der Waals surface area contributed by atoms with Crippen molar-refractivity contribution < 1.29 is 0 Å². The van der Waals surface area contributed by atoms with Gasteiger partial charge in [-0.25, -0.2) is 0 Å². The Labute approximate surface area is 486 Å². The molecule has 0 saturated carbocycles. The molecular weight excluding hydrogens is 1010 g/mol. The van der Waals surface area contributed by atoms with Crippen LogP contribution in [-0.2, 0) is 0 Å². The zero-order chi connectivity index (χ0) is 55.2. The average molecular weight is 1070 g/mol. The molecule has 84 heavy (non-hydrogen) atoms. The molecule has 0 aliphatic heterocycles. The minimum absolute atomic E-state index is 1.10. The Hall–Kier alpha value is -11.1. The Balaban J connectivity index is 1.01. The van der Waals surface area contributed by atoms with E-state index in [0.717, 1.165) is 34.1 Å². The van der Waals surface area contributed by atoms with Crippen LogP contribution >= 0.6 is 0 Å². The number of para-hydroxylation sites is 2. The highest BCUT2D eigenvalue weighted by atomic mass is 15.1. The molecule has 0 unspecified atom stereocenters. The van der Waals surface area contributed by atoms with E-state index in [1.807, 2.05) is 0 Å². The molecule has 0 saturated heterocycles. The molecule has 0 radical (unpaired) electrons.